The predicted octanol–water partition coefficient (Wildman–Crippen LogP) is 2.62. The number of ketones is 1. The number of rotatable bonds is 5. The van der Waals surface area contributed by atoms with Gasteiger partial charge in [-0.2, -0.15) is 13.2 Å². The highest BCUT2D eigenvalue weighted by Crippen LogP contribution is 2.26. The van der Waals surface area contributed by atoms with E-state index in [-0.39, 0.29) is 22.6 Å². The predicted molar refractivity (Wildman–Crippen MR) is 65.7 cm³/mol. The van der Waals surface area contributed by atoms with Gasteiger partial charge in [0.15, 0.2) is 22.2 Å². The van der Waals surface area contributed by atoms with Gasteiger partial charge in [0.25, 0.3) is 0 Å². The molecule has 1 aromatic carbocycles. The van der Waals surface area contributed by atoms with Crippen molar-refractivity contribution in [3.8, 4) is 5.75 Å². The van der Waals surface area contributed by atoms with Crippen LogP contribution in [0.1, 0.15) is 23.7 Å². The minimum Gasteiger partial charge on any atom is -0.483 e. The minimum atomic E-state index is -4.54. The smallest absolute Gasteiger partial charge is 0.422 e. The van der Waals surface area contributed by atoms with Crippen molar-refractivity contribution in [2.24, 2.45) is 0 Å². The molecule has 8 heteroatoms. The van der Waals surface area contributed by atoms with Crippen molar-refractivity contribution < 1.29 is 31.1 Å². The van der Waals surface area contributed by atoms with Gasteiger partial charge in [-0.1, -0.05) is 6.92 Å². The standard InChI is InChI=1S/C12H13F3O4S/c1-3-10(16)9-6-8(20(2,17)18)4-5-11(9)19-7-12(13,14)15/h4-6H,3,7H2,1-2H3. The zero-order valence-electron chi connectivity index (χ0n) is 10.8. The number of hydrogen-bond donors (Lipinski definition) is 0. The Bertz CT molecular complexity index is 606. The van der Waals surface area contributed by atoms with Crippen molar-refractivity contribution in [3.05, 3.63) is 23.8 Å². The van der Waals surface area contributed by atoms with Gasteiger partial charge in [-0.05, 0) is 18.2 Å². The average molecular weight is 310 g/mol. The third-order valence-corrected chi connectivity index (χ3v) is 3.50. The third-order valence-electron chi connectivity index (χ3n) is 2.39. The molecule has 4 nitrogen and oxygen atoms in total. The van der Waals surface area contributed by atoms with Gasteiger partial charge >= 0.3 is 6.18 Å². The van der Waals surface area contributed by atoms with Crippen LogP contribution in [0.3, 0.4) is 0 Å². The lowest BCUT2D eigenvalue weighted by Crippen LogP contribution is -2.20. The lowest BCUT2D eigenvalue weighted by molar-refractivity contribution is -0.153. The number of Topliss-reactive ketones (excluding diaryl/α,β-unsaturated/α-hetero) is 1. The number of carbonyl (C=O) groups is 1. The zero-order chi connectivity index (χ0) is 15.6. The second kappa shape index (κ2) is 5.82. The molecular weight excluding hydrogens is 297 g/mol. The molecule has 0 saturated heterocycles. The Morgan fingerprint density at radius 3 is 2.35 bits per heavy atom. The molecule has 0 N–H and O–H groups in total. The summed E-state index contributed by atoms with van der Waals surface area (Å²) in [5.41, 5.74) is -0.167. The van der Waals surface area contributed by atoms with Gasteiger partial charge in [0.05, 0.1) is 10.5 Å². The number of alkyl halides is 3. The van der Waals surface area contributed by atoms with E-state index in [4.69, 9.17) is 0 Å². The first-order chi connectivity index (χ1) is 9.04. The Balaban J connectivity index is 3.21. The normalized spacial score (nSPS) is 12.2. The van der Waals surface area contributed by atoms with Crippen molar-refractivity contribution in [1.82, 2.24) is 0 Å². The summed E-state index contributed by atoms with van der Waals surface area (Å²) in [5.74, 6) is -0.769. The van der Waals surface area contributed by atoms with Crippen LogP contribution in [-0.2, 0) is 9.84 Å². The molecule has 0 unspecified atom stereocenters. The van der Waals surface area contributed by atoms with Crippen LogP contribution in [0.5, 0.6) is 5.75 Å². The van der Waals surface area contributed by atoms with Crippen LogP contribution in [0.4, 0.5) is 13.2 Å². The van der Waals surface area contributed by atoms with Gasteiger partial charge in [0, 0.05) is 12.7 Å². The van der Waals surface area contributed by atoms with Crippen molar-refractivity contribution >= 4 is 15.6 Å². The van der Waals surface area contributed by atoms with Gasteiger partial charge < -0.3 is 4.74 Å². The van der Waals surface area contributed by atoms with Crippen LogP contribution in [0, 0.1) is 0 Å². The summed E-state index contributed by atoms with van der Waals surface area (Å²) in [6, 6.07) is 3.20. The third kappa shape index (κ3) is 4.52. The van der Waals surface area contributed by atoms with E-state index < -0.39 is 28.4 Å². The first-order valence-electron chi connectivity index (χ1n) is 5.61. The van der Waals surface area contributed by atoms with Crippen LogP contribution < -0.4 is 4.74 Å². The first kappa shape index (κ1) is 16.5. The van der Waals surface area contributed by atoms with E-state index in [0.29, 0.717) is 0 Å². The van der Waals surface area contributed by atoms with E-state index in [1.165, 1.54) is 6.92 Å². The highest BCUT2D eigenvalue weighted by molar-refractivity contribution is 7.90. The molecular formula is C12H13F3O4S. The van der Waals surface area contributed by atoms with E-state index in [0.717, 1.165) is 24.5 Å². The molecule has 0 radical (unpaired) electrons. The van der Waals surface area contributed by atoms with Gasteiger partial charge in [0.2, 0.25) is 0 Å². The maximum atomic E-state index is 12.1. The summed E-state index contributed by atoms with van der Waals surface area (Å²) in [6.45, 7) is -0.0296. The maximum Gasteiger partial charge on any atom is 0.422 e. The topological polar surface area (TPSA) is 60.4 Å². The Kier molecular flexibility index (Phi) is 4.80. The van der Waals surface area contributed by atoms with E-state index in [1.54, 1.807) is 0 Å². The van der Waals surface area contributed by atoms with E-state index in [1.807, 2.05) is 0 Å². The molecule has 0 saturated carbocycles. The van der Waals surface area contributed by atoms with Crippen LogP contribution >= 0.6 is 0 Å². The van der Waals surface area contributed by atoms with Gasteiger partial charge in [-0.3, -0.25) is 4.79 Å². The highest BCUT2D eigenvalue weighted by Gasteiger charge is 2.29. The quantitative estimate of drug-likeness (QED) is 0.784. The van der Waals surface area contributed by atoms with Gasteiger partial charge in [-0.25, -0.2) is 8.42 Å². The lowest BCUT2D eigenvalue weighted by Gasteiger charge is -2.13. The fourth-order valence-corrected chi connectivity index (χ4v) is 2.08. The summed E-state index contributed by atoms with van der Waals surface area (Å²) < 4.78 is 63.7. The first-order valence-corrected chi connectivity index (χ1v) is 7.50. The van der Waals surface area contributed by atoms with E-state index in [9.17, 15) is 26.4 Å². The second-order valence-electron chi connectivity index (χ2n) is 4.11. The number of sulfone groups is 1. The Morgan fingerprint density at radius 2 is 1.90 bits per heavy atom. The number of ether oxygens (including phenoxy) is 1. The molecule has 20 heavy (non-hydrogen) atoms. The molecule has 0 amide bonds. The van der Waals surface area contributed by atoms with E-state index >= 15 is 0 Å². The summed E-state index contributed by atoms with van der Waals surface area (Å²) in [6.07, 6.45) is -3.57. The molecule has 0 aromatic heterocycles. The summed E-state index contributed by atoms with van der Waals surface area (Å²) >= 11 is 0. The van der Waals surface area contributed by atoms with Crippen LogP contribution in [-0.4, -0.2) is 33.2 Å². The Morgan fingerprint density at radius 1 is 1.30 bits per heavy atom. The Hall–Kier alpha value is -1.57. The highest BCUT2D eigenvalue weighted by atomic mass is 32.2. The van der Waals surface area contributed by atoms with E-state index in [2.05, 4.69) is 4.74 Å². The SMILES string of the molecule is CCC(=O)c1cc(S(C)(=O)=O)ccc1OCC(F)(F)F. The fourth-order valence-electron chi connectivity index (χ4n) is 1.43. The number of hydrogen-bond acceptors (Lipinski definition) is 4. The molecule has 0 aliphatic carbocycles. The fraction of sp³-hybridized carbons (Fsp3) is 0.417. The monoisotopic (exact) mass is 310 g/mol. The average Bonchev–Trinajstić information content (AvgIpc) is 2.33. The number of halogens is 3. The molecule has 0 aliphatic rings. The molecule has 1 aromatic rings. The van der Waals surface area contributed by atoms with Crippen LogP contribution in [0.15, 0.2) is 23.1 Å². The molecule has 1 rings (SSSR count). The van der Waals surface area contributed by atoms with Crippen molar-refractivity contribution in [2.75, 3.05) is 12.9 Å². The Labute approximate surface area is 114 Å². The van der Waals surface area contributed by atoms with Crippen molar-refractivity contribution in [2.45, 2.75) is 24.4 Å². The van der Waals surface area contributed by atoms with Crippen molar-refractivity contribution in [3.63, 3.8) is 0 Å². The summed E-state index contributed by atoms with van der Waals surface area (Å²) in [4.78, 5) is 11.5. The molecule has 0 bridgehead atoms. The summed E-state index contributed by atoms with van der Waals surface area (Å²) in [7, 11) is -3.56. The molecule has 0 aliphatic heterocycles. The molecule has 112 valence electrons. The molecule has 0 spiro atoms. The lowest BCUT2D eigenvalue weighted by atomic mass is 10.1. The summed E-state index contributed by atoms with van der Waals surface area (Å²) in [5, 5.41) is 0. The molecule has 0 atom stereocenters. The second-order valence-corrected chi connectivity index (χ2v) is 6.13. The molecule has 0 fully saturated rings. The molecule has 0 heterocycles. The van der Waals surface area contributed by atoms with Gasteiger partial charge in [-0.15, -0.1) is 0 Å². The van der Waals surface area contributed by atoms with Gasteiger partial charge in [0.1, 0.15) is 5.75 Å². The number of benzene rings is 1. The minimum absolute atomic E-state index is 0.0234. The maximum absolute atomic E-state index is 12.1. The zero-order valence-corrected chi connectivity index (χ0v) is 11.6. The van der Waals surface area contributed by atoms with Crippen molar-refractivity contribution in [1.29, 1.82) is 0 Å². The number of carbonyl (C=O) groups excluding carboxylic acids is 1. The largest absolute Gasteiger partial charge is 0.483 e. The van der Waals surface area contributed by atoms with Crippen LogP contribution in [0.2, 0.25) is 0 Å². The van der Waals surface area contributed by atoms with Crippen LogP contribution in [0.25, 0.3) is 0 Å².